The Balaban J connectivity index is 2.84. The van der Waals surface area contributed by atoms with E-state index in [9.17, 15) is 13.2 Å². The largest absolute Gasteiger partial charge is 0.326 e. The molecule has 21 heavy (non-hydrogen) atoms. The van der Waals surface area contributed by atoms with Crippen LogP contribution in [0.2, 0.25) is 0 Å². The van der Waals surface area contributed by atoms with Gasteiger partial charge in [-0.2, -0.15) is 0 Å². The molecule has 118 valence electrons. The van der Waals surface area contributed by atoms with E-state index < -0.39 is 21.0 Å². The second-order valence-corrected chi connectivity index (χ2v) is 8.00. The molecular weight excluding hydrogens is 290 g/mol. The van der Waals surface area contributed by atoms with Crippen LogP contribution in [0.15, 0.2) is 24.3 Å². The zero-order chi connectivity index (χ0) is 16.5. The van der Waals surface area contributed by atoms with Crippen molar-refractivity contribution in [2.45, 2.75) is 33.2 Å². The summed E-state index contributed by atoms with van der Waals surface area (Å²) in [4.78, 5) is 12.3. The number of sulfonamides is 1. The third kappa shape index (κ3) is 4.71. The molecule has 6 nitrogen and oxygen atoms in total. The van der Waals surface area contributed by atoms with Crippen LogP contribution < -0.4 is 15.8 Å². The minimum absolute atomic E-state index is 0.196. The molecule has 0 heterocycles. The minimum Gasteiger partial charge on any atom is -0.326 e. The summed E-state index contributed by atoms with van der Waals surface area (Å²) in [6.07, 6.45) is 1.08. The Labute approximate surface area is 126 Å². The number of benzene rings is 1. The highest BCUT2D eigenvalue weighted by Gasteiger charge is 2.40. The molecule has 0 bridgehead atoms. The van der Waals surface area contributed by atoms with Gasteiger partial charge in [0.2, 0.25) is 15.9 Å². The summed E-state index contributed by atoms with van der Waals surface area (Å²) in [5, 5.41) is 2.78. The molecule has 0 radical (unpaired) electrons. The molecule has 0 fully saturated rings. The van der Waals surface area contributed by atoms with Crippen molar-refractivity contribution in [1.29, 1.82) is 0 Å². The quantitative estimate of drug-likeness (QED) is 0.771. The number of hydrogen-bond acceptors (Lipinski definition) is 4. The molecule has 0 aromatic heterocycles. The maximum absolute atomic E-state index is 12.3. The Morgan fingerprint density at radius 2 is 1.48 bits per heavy atom. The Kier molecular flexibility index (Phi) is 4.70. The number of nitrogens with one attached hydrogen (secondary N) is 2. The molecule has 1 rings (SSSR count). The molecule has 0 saturated heterocycles. The summed E-state index contributed by atoms with van der Waals surface area (Å²) >= 11 is 0. The van der Waals surface area contributed by atoms with Crippen molar-refractivity contribution in [3.05, 3.63) is 24.3 Å². The van der Waals surface area contributed by atoms with E-state index in [-0.39, 0.29) is 5.91 Å². The number of carbonyl (C=O) groups excluding carboxylic acids is 1. The average Bonchev–Trinajstić information content (AvgIpc) is 2.28. The maximum atomic E-state index is 12.3. The standard InChI is InChI=1S/C14H23N3O3S/c1-13(2,14(3,4)15)12(18)16-10-6-8-11(9-7-10)17-21(5,19)20/h6-9,17H,15H2,1-5H3,(H,16,18). The highest BCUT2D eigenvalue weighted by atomic mass is 32.2. The summed E-state index contributed by atoms with van der Waals surface area (Å²) in [5.41, 5.74) is 5.62. The Bertz CT molecular complexity index is 614. The van der Waals surface area contributed by atoms with Gasteiger partial charge < -0.3 is 11.1 Å². The van der Waals surface area contributed by atoms with Crippen LogP contribution in [-0.2, 0) is 14.8 Å². The summed E-state index contributed by atoms with van der Waals surface area (Å²) in [6.45, 7) is 7.15. The molecule has 4 N–H and O–H groups in total. The van der Waals surface area contributed by atoms with Gasteiger partial charge in [-0.15, -0.1) is 0 Å². The van der Waals surface area contributed by atoms with Crippen LogP contribution in [0.3, 0.4) is 0 Å². The lowest BCUT2D eigenvalue weighted by Gasteiger charge is -2.36. The van der Waals surface area contributed by atoms with Crippen molar-refractivity contribution in [2.75, 3.05) is 16.3 Å². The molecular formula is C14H23N3O3S. The predicted octanol–water partition coefficient (Wildman–Crippen LogP) is 1.76. The number of hydrogen-bond donors (Lipinski definition) is 3. The van der Waals surface area contributed by atoms with Gasteiger partial charge >= 0.3 is 0 Å². The van der Waals surface area contributed by atoms with Gasteiger partial charge in [0.1, 0.15) is 0 Å². The van der Waals surface area contributed by atoms with Gasteiger partial charge in [-0.05, 0) is 52.0 Å². The van der Waals surface area contributed by atoms with E-state index in [0.29, 0.717) is 11.4 Å². The van der Waals surface area contributed by atoms with Crippen molar-refractivity contribution < 1.29 is 13.2 Å². The van der Waals surface area contributed by atoms with E-state index in [1.54, 1.807) is 52.0 Å². The number of nitrogens with two attached hydrogens (primary N) is 1. The Hall–Kier alpha value is -1.60. The monoisotopic (exact) mass is 313 g/mol. The number of carbonyl (C=O) groups is 1. The molecule has 0 saturated carbocycles. The fraction of sp³-hybridized carbons (Fsp3) is 0.500. The molecule has 1 aromatic carbocycles. The number of rotatable bonds is 5. The van der Waals surface area contributed by atoms with Gasteiger partial charge in [0.05, 0.1) is 11.7 Å². The van der Waals surface area contributed by atoms with Crippen LogP contribution in [0.25, 0.3) is 0 Å². The normalized spacial score (nSPS) is 12.9. The lowest BCUT2D eigenvalue weighted by atomic mass is 9.74. The first kappa shape index (κ1) is 17.5. The van der Waals surface area contributed by atoms with E-state index in [1.807, 2.05) is 0 Å². The topological polar surface area (TPSA) is 101 Å². The molecule has 0 aliphatic heterocycles. The highest BCUT2D eigenvalue weighted by molar-refractivity contribution is 7.92. The van der Waals surface area contributed by atoms with Crippen LogP contribution in [0.5, 0.6) is 0 Å². The third-order valence-electron chi connectivity index (χ3n) is 3.62. The summed E-state index contributed by atoms with van der Waals surface area (Å²) in [6, 6.07) is 6.42. The van der Waals surface area contributed by atoms with Gasteiger partial charge in [-0.25, -0.2) is 8.42 Å². The lowest BCUT2D eigenvalue weighted by Crippen LogP contribution is -2.53. The van der Waals surface area contributed by atoms with Crippen molar-refractivity contribution in [2.24, 2.45) is 11.1 Å². The average molecular weight is 313 g/mol. The molecule has 0 spiro atoms. The molecule has 0 aliphatic carbocycles. The molecule has 1 aromatic rings. The van der Waals surface area contributed by atoms with Gasteiger partial charge in [0.15, 0.2) is 0 Å². The molecule has 0 aliphatic rings. The zero-order valence-corrected chi connectivity index (χ0v) is 13.8. The molecule has 7 heteroatoms. The van der Waals surface area contributed by atoms with E-state index in [0.717, 1.165) is 6.26 Å². The Morgan fingerprint density at radius 1 is 1.05 bits per heavy atom. The predicted molar refractivity (Wildman–Crippen MR) is 85.6 cm³/mol. The fourth-order valence-corrected chi connectivity index (χ4v) is 1.98. The van der Waals surface area contributed by atoms with Gasteiger partial charge in [0, 0.05) is 16.9 Å². The lowest BCUT2D eigenvalue weighted by molar-refractivity contribution is -0.126. The van der Waals surface area contributed by atoms with E-state index in [4.69, 9.17) is 5.73 Å². The first-order chi connectivity index (χ1) is 9.33. The van der Waals surface area contributed by atoms with Gasteiger partial charge in [0.25, 0.3) is 0 Å². The SMILES string of the molecule is CC(C)(N)C(C)(C)C(=O)Nc1ccc(NS(C)(=O)=O)cc1. The van der Waals surface area contributed by atoms with Crippen molar-refractivity contribution in [1.82, 2.24) is 0 Å². The summed E-state index contributed by atoms with van der Waals surface area (Å²) < 4.78 is 24.6. The van der Waals surface area contributed by atoms with Crippen LogP contribution >= 0.6 is 0 Å². The maximum Gasteiger partial charge on any atom is 0.231 e. The van der Waals surface area contributed by atoms with Crippen LogP contribution in [-0.4, -0.2) is 26.1 Å². The third-order valence-corrected chi connectivity index (χ3v) is 4.23. The van der Waals surface area contributed by atoms with E-state index >= 15 is 0 Å². The smallest absolute Gasteiger partial charge is 0.231 e. The Morgan fingerprint density at radius 3 is 1.86 bits per heavy atom. The number of anilines is 2. The van der Waals surface area contributed by atoms with Crippen molar-refractivity contribution >= 4 is 27.3 Å². The van der Waals surface area contributed by atoms with Crippen LogP contribution in [0.1, 0.15) is 27.7 Å². The summed E-state index contributed by atoms with van der Waals surface area (Å²) in [7, 11) is -3.31. The second-order valence-electron chi connectivity index (χ2n) is 6.25. The fourth-order valence-electron chi connectivity index (χ4n) is 1.42. The number of amides is 1. The van der Waals surface area contributed by atoms with Crippen molar-refractivity contribution in [3.8, 4) is 0 Å². The minimum atomic E-state index is -3.31. The van der Waals surface area contributed by atoms with Crippen LogP contribution in [0.4, 0.5) is 11.4 Å². The van der Waals surface area contributed by atoms with Gasteiger partial charge in [-0.3, -0.25) is 9.52 Å². The zero-order valence-electron chi connectivity index (χ0n) is 13.0. The molecule has 0 atom stereocenters. The highest BCUT2D eigenvalue weighted by Crippen LogP contribution is 2.30. The first-order valence-corrected chi connectivity index (χ1v) is 8.40. The van der Waals surface area contributed by atoms with Crippen LogP contribution in [0, 0.1) is 5.41 Å². The van der Waals surface area contributed by atoms with Crippen molar-refractivity contribution in [3.63, 3.8) is 0 Å². The summed E-state index contributed by atoms with van der Waals surface area (Å²) in [5.74, 6) is -0.196. The molecule has 0 unspecified atom stereocenters. The van der Waals surface area contributed by atoms with Gasteiger partial charge in [-0.1, -0.05) is 0 Å². The molecule has 1 amide bonds. The van der Waals surface area contributed by atoms with E-state index in [2.05, 4.69) is 10.0 Å². The second kappa shape index (κ2) is 5.65. The first-order valence-electron chi connectivity index (χ1n) is 6.51. The van der Waals surface area contributed by atoms with E-state index in [1.165, 1.54) is 0 Å².